The first-order valence-electron chi connectivity index (χ1n) is 34.9. The van der Waals surface area contributed by atoms with Crippen LogP contribution in [0.4, 0.5) is 0 Å². The number of hydrogen-bond donors (Lipinski definition) is 4. The third kappa shape index (κ3) is 52.6. The molecule has 0 spiro atoms. The molecule has 0 radical (unpaired) electrons. The molecule has 2 heterocycles. The molecule has 100 heavy (non-hydrogen) atoms. The normalized spacial score (nSPS) is 17.4. The van der Waals surface area contributed by atoms with E-state index in [4.69, 9.17) is 28.4 Å². The Morgan fingerprint density at radius 2 is 0.420 bits per heavy atom. The predicted molar refractivity (Wildman–Crippen MR) is 379 cm³/mol. The Morgan fingerprint density at radius 1 is 0.290 bits per heavy atom. The van der Waals surface area contributed by atoms with E-state index in [0.29, 0.717) is 52.4 Å². The van der Waals surface area contributed by atoms with Crippen LogP contribution in [0.1, 0.15) is 152 Å². The molecule has 0 aliphatic carbocycles. The highest BCUT2D eigenvalue weighted by Crippen LogP contribution is 2.16. The van der Waals surface area contributed by atoms with Crippen molar-refractivity contribution in [1.29, 1.82) is 0 Å². The molecule has 0 aromatic heterocycles. The Morgan fingerprint density at radius 3 is 0.540 bits per heavy atom. The van der Waals surface area contributed by atoms with Gasteiger partial charge in [-0.15, -0.1) is 0 Å². The maximum Gasteiger partial charge on any atom is 0.320 e. The van der Waals surface area contributed by atoms with Crippen molar-refractivity contribution in [2.24, 2.45) is 0 Å². The van der Waals surface area contributed by atoms with Gasteiger partial charge in [-0.3, -0.25) is 77.6 Å². The zero-order chi connectivity index (χ0) is 77.2. The van der Waals surface area contributed by atoms with Crippen LogP contribution in [-0.2, 0) is 76.4 Å². The molecule has 2 aliphatic heterocycles. The fourth-order valence-corrected chi connectivity index (χ4v) is 9.84. The number of carbonyl (C=O) groups excluding carboxylic acids is 10. The summed E-state index contributed by atoms with van der Waals surface area (Å²) in [5.74, 6) is -3.44. The standard InChI is InChI=1S/C64H120N10O18.2C3H6O/c1-59(2,3)87-53(81)41-67-23-19-65(20-24-68(42-54(82)88-60(4,5)6)28-32-71(31-27-67)45-57(85)91-63(13,14)15)39-51(79)73(37-49(77)47-75)35-36-74(38-50(78)48-76)52(80)40-66-21-25-69(43-55(83)89-61(7,8)9)29-33-72(46-58(86)92-64(16,17)18)34-30-70(26-22-66)44-56(84)90-62(10,11)12;2*1-3(2)4/h49-50,75-78H,19-48H2,1-18H3;2*1-2H3. The smallest absolute Gasteiger partial charge is 0.320 e. The van der Waals surface area contributed by atoms with Gasteiger partial charge in [-0.1, -0.05) is 0 Å². The molecule has 2 saturated heterocycles. The van der Waals surface area contributed by atoms with Gasteiger partial charge in [0.15, 0.2) is 0 Å². The Kier molecular flexibility index (Phi) is 43.2. The van der Waals surface area contributed by atoms with E-state index >= 15 is 0 Å². The van der Waals surface area contributed by atoms with E-state index in [1.807, 2.05) is 39.2 Å². The Bertz CT molecular complexity index is 2230. The van der Waals surface area contributed by atoms with E-state index in [0.717, 1.165) is 0 Å². The molecule has 0 saturated carbocycles. The van der Waals surface area contributed by atoms with Crippen molar-refractivity contribution in [3.05, 3.63) is 0 Å². The maximum atomic E-state index is 14.8. The molecule has 2 unspecified atom stereocenters. The van der Waals surface area contributed by atoms with Crippen LogP contribution < -0.4 is 0 Å². The number of hydrogen-bond acceptors (Lipinski definition) is 28. The second-order valence-corrected chi connectivity index (χ2v) is 31.9. The molecular weight excluding hydrogens is 1300 g/mol. The minimum absolute atomic E-state index is 0.0551. The molecule has 30 nitrogen and oxygen atoms in total. The number of ether oxygens (including phenoxy) is 6. The summed E-state index contributed by atoms with van der Waals surface area (Å²) >= 11 is 0. The summed E-state index contributed by atoms with van der Waals surface area (Å²) in [6, 6.07) is 0. The van der Waals surface area contributed by atoms with Gasteiger partial charge in [0.05, 0.1) is 77.8 Å². The van der Waals surface area contributed by atoms with Crippen LogP contribution >= 0.6 is 0 Å². The van der Waals surface area contributed by atoms with Gasteiger partial charge >= 0.3 is 35.8 Å². The molecule has 30 heteroatoms. The van der Waals surface area contributed by atoms with Crippen LogP contribution in [0.25, 0.3) is 0 Å². The number of aliphatic hydroxyl groups excluding tert-OH is 4. The minimum atomic E-state index is -1.39. The van der Waals surface area contributed by atoms with Crippen LogP contribution in [0.2, 0.25) is 0 Å². The average molecular weight is 1430 g/mol. The number of aliphatic hydroxyl groups is 4. The number of Topliss-reactive ketones (excluding diaryl/α,β-unsaturated/α-hetero) is 2. The van der Waals surface area contributed by atoms with Crippen molar-refractivity contribution in [2.75, 3.05) is 196 Å². The zero-order valence-electron chi connectivity index (χ0n) is 65.2. The number of rotatable bonds is 25. The highest BCUT2D eigenvalue weighted by Gasteiger charge is 2.32. The third-order valence-electron chi connectivity index (χ3n) is 13.8. The SMILES string of the molecule is CC(C)(C)OC(=O)CN1CCN(CC(=O)OC(C)(C)C)CCN(CC(=O)N(CCN(CC(O)CO)C(=O)CN2CCN(CC(=O)OC(C)(C)C)CCN(CC(=O)OC(C)(C)C)CCN(CC(=O)OC(C)(C)C)CC2)CC(O)CO)CCN(CC(=O)OC(C)(C)C)CC1.CC(C)=O.CC(C)=O. The molecule has 2 rings (SSSR count). The lowest BCUT2D eigenvalue weighted by Crippen LogP contribution is -2.53. The third-order valence-corrected chi connectivity index (χ3v) is 13.8. The van der Waals surface area contributed by atoms with Gasteiger partial charge in [0.25, 0.3) is 0 Å². The summed E-state index contributed by atoms with van der Waals surface area (Å²) in [6.07, 6.45) is -2.79. The quantitative estimate of drug-likeness (QED) is 0.0733. The van der Waals surface area contributed by atoms with E-state index in [1.165, 1.54) is 37.5 Å². The maximum absolute atomic E-state index is 14.8. The van der Waals surface area contributed by atoms with E-state index in [1.54, 1.807) is 125 Å². The van der Waals surface area contributed by atoms with Crippen molar-refractivity contribution in [2.45, 2.75) is 198 Å². The van der Waals surface area contributed by atoms with E-state index in [2.05, 4.69) is 0 Å². The van der Waals surface area contributed by atoms with Crippen molar-refractivity contribution in [3.8, 4) is 0 Å². The fourth-order valence-electron chi connectivity index (χ4n) is 9.84. The largest absolute Gasteiger partial charge is 0.459 e. The Labute approximate surface area is 597 Å². The average Bonchev–Trinajstić information content (AvgIpc) is 0.876. The van der Waals surface area contributed by atoms with Crippen LogP contribution in [0.5, 0.6) is 0 Å². The van der Waals surface area contributed by atoms with Gasteiger partial charge in [0.1, 0.15) is 45.2 Å². The van der Waals surface area contributed by atoms with Crippen molar-refractivity contribution < 1.29 is 96.8 Å². The molecule has 4 N–H and O–H groups in total. The monoisotopic (exact) mass is 1430 g/mol. The number of esters is 6. The Hall–Kier alpha value is -5.38. The molecular formula is C70H132N10O20. The molecule has 582 valence electrons. The minimum Gasteiger partial charge on any atom is -0.459 e. The first-order chi connectivity index (χ1) is 45.7. The van der Waals surface area contributed by atoms with E-state index in [9.17, 15) is 68.4 Å². The second kappa shape index (κ2) is 45.7. The summed E-state index contributed by atoms with van der Waals surface area (Å²) in [5, 5.41) is 42.1. The van der Waals surface area contributed by atoms with Gasteiger partial charge in [-0.2, -0.15) is 0 Å². The van der Waals surface area contributed by atoms with Crippen molar-refractivity contribution in [1.82, 2.24) is 49.0 Å². The molecule has 0 bridgehead atoms. The summed E-state index contributed by atoms with van der Waals surface area (Å²) in [7, 11) is 0. The molecule has 0 aromatic carbocycles. The summed E-state index contributed by atoms with van der Waals surface area (Å²) in [4.78, 5) is 146. The first-order valence-corrected chi connectivity index (χ1v) is 34.9. The molecule has 0 aromatic rings. The van der Waals surface area contributed by atoms with Crippen LogP contribution in [-0.4, -0.2) is 371 Å². The Balaban J connectivity index is 0.0000116. The van der Waals surface area contributed by atoms with Gasteiger partial charge in [-0.05, 0) is 152 Å². The van der Waals surface area contributed by atoms with Crippen molar-refractivity contribution in [3.63, 3.8) is 0 Å². The summed E-state index contributed by atoms with van der Waals surface area (Å²) in [5.41, 5.74) is -4.58. The lowest BCUT2D eigenvalue weighted by atomic mass is 10.2. The molecule has 2 atom stereocenters. The highest BCUT2D eigenvalue weighted by atomic mass is 16.6. The second-order valence-electron chi connectivity index (χ2n) is 31.9. The fraction of sp³-hybridized carbons (Fsp3) is 0.857. The number of carbonyl (C=O) groups is 10. The lowest BCUT2D eigenvalue weighted by molar-refractivity contribution is -0.158. The first kappa shape index (κ1) is 94.6. The van der Waals surface area contributed by atoms with Gasteiger partial charge in [0, 0.05) is 131 Å². The van der Waals surface area contributed by atoms with Crippen LogP contribution in [0.15, 0.2) is 0 Å². The van der Waals surface area contributed by atoms with Gasteiger partial charge in [0.2, 0.25) is 11.8 Å². The summed E-state index contributed by atoms with van der Waals surface area (Å²) < 4.78 is 34.2. The molecule has 2 amide bonds. The molecule has 2 fully saturated rings. The van der Waals surface area contributed by atoms with Gasteiger partial charge < -0.3 is 68.2 Å². The van der Waals surface area contributed by atoms with E-state index in [-0.39, 0.29) is 142 Å². The van der Waals surface area contributed by atoms with Crippen LogP contribution in [0.3, 0.4) is 0 Å². The topological polar surface area (TPSA) is 339 Å². The predicted octanol–water partition coefficient (Wildman–Crippen LogP) is 1.03. The zero-order valence-corrected chi connectivity index (χ0v) is 65.2. The molecule has 2 aliphatic rings. The number of amides is 2. The van der Waals surface area contributed by atoms with Crippen LogP contribution in [0, 0.1) is 0 Å². The highest BCUT2D eigenvalue weighted by molar-refractivity contribution is 5.80. The van der Waals surface area contributed by atoms with E-state index < -0.39 is 107 Å². The number of ketones is 2. The van der Waals surface area contributed by atoms with Crippen molar-refractivity contribution >= 4 is 59.2 Å². The van der Waals surface area contributed by atoms with Gasteiger partial charge in [-0.25, -0.2) is 0 Å². The number of nitrogens with zero attached hydrogens (tertiary/aromatic N) is 10. The summed E-state index contributed by atoms with van der Waals surface area (Å²) in [6.45, 7) is 38.9. The lowest BCUT2D eigenvalue weighted by Gasteiger charge is -2.36.